The van der Waals surface area contributed by atoms with E-state index < -0.39 is 23.6 Å². The molecule has 0 aromatic heterocycles. The lowest BCUT2D eigenvalue weighted by Crippen LogP contribution is -2.27. The average Bonchev–Trinajstić information content (AvgIpc) is 2.67. The number of nitro benzene ring substituents is 1. The molecule has 0 aliphatic heterocycles. The molecule has 2 rings (SSSR count). The molecule has 0 fully saturated rings. The molecular formula is C19H19NO7. The molecule has 0 spiro atoms. The van der Waals surface area contributed by atoms with Crippen LogP contribution in [0.3, 0.4) is 0 Å². The predicted octanol–water partition coefficient (Wildman–Crippen LogP) is 3.19. The molecule has 0 saturated heterocycles. The first-order valence-electron chi connectivity index (χ1n) is 8.24. The molecular weight excluding hydrogens is 354 g/mol. The second-order valence-corrected chi connectivity index (χ2v) is 5.49. The van der Waals surface area contributed by atoms with Crippen LogP contribution in [0.2, 0.25) is 0 Å². The highest BCUT2D eigenvalue weighted by Crippen LogP contribution is 2.18. The number of carbonyl (C=O) groups is 2. The first-order valence-corrected chi connectivity index (χ1v) is 8.24. The van der Waals surface area contributed by atoms with E-state index in [2.05, 4.69) is 0 Å². The van der Waals surface area contributed by atoms with E-state index in [1.807, 2.05) is 6.92 Å². The second-order valence-electron chi connectivity index (χ2n) is 5.49. The summed E-state index contributed by atoms with van der Waals surface area (Å²) in [6.07, 6.45) is -0.976. The largest absolute Gasteiger partial charge is 0.494 e. The van der Waals surface area contributed by atoms with Gasteiger partial charge in [-0.05, 0) is 50.2 Å². The van der Waals surface area contributed by atoms with Gasteiger partial charge in [-0.1, -0.05) is 0 Å². The Kier molecular flexibility index (Phi) is 6.87. The lowest BCUT2D eigenvalue weighted by molar-refractivity contribution is -0.384. The van der Waals surface area contributed by atoms with Crippen molar-refractivity contribution in [2.24, 2.45) is 0 Å². The van der Waals surface area contributed by atoms with E-state index in [9.17, 15) is 19.7 Å². The average molecular weight is 373 g/mol. The Morgan fingerprint density at radius 2 is 1.56 bits per heavy atom. The maximum absolute atomic E-state index is 12.3. The van der Waals surface area contributed by atoms with Crippen LogP contribution in [0.4, 0.5) is 5.69 Å². The van der Waals surface area contributed by atoms with E-state index in [4.69, 9.17) is 14.2 Å². The number of nitro groups is 1. The second kappa shape index (κ2) is 9.33. The maximum atomic E-state index is 12.3. The van der Waals surface area contributed by atoms with E-state index in [0.717, 1.165) is 0 Å². The third-order valence-corrected chi connectivity index (χ3v) is 3.53. The summed E-state index contributed by atoms with van der Waals surface area (Å²) in [7, 11) is 0. The summed E-state index contributed by atoms with van der Waals surface area (Å²) in [6, 6.07) is 11.8. The molecule has 0 bridgehead atoms. The summed E-state index contributed by atoms with van der Waals surface area (Å²) >= 11 is 0. The highest BCUT2D eigenvalue weighted by atomic mass is 16.6. The van der Waals surface area contributed by atoms with E-state index in [0.29, 0.717) is 17.9 Å². The van der Waals surface area contributed by atoms with Crippen LogP contribution in [0.1, 0.15) is 24.2 Å². The van der Waals surface area contributed by atoms with Gasteiger partial charge in [-0.15, -0.1) is 0 Å². The van der Waals surface area contributed by atoms with Gasteiger partial charge in [0.15, 0.2) is 12.7 Å². The zero-order valence-corrected chi connectivity index (χ0v) is 14.9. The smallest absolute Gasteiger partial charge is 0.344 e. The molecule has 0 unspecified atom stereocenters. The molecule has 142 valence electrons. The van der Waals surface area contributed by atoms with Gasteiger partial charge in [0.05, 0.1) is 11.5 Å². The summed E-state index contributed by atoms with van der Waals surface area (Å²) in [4.78, 5) is 34.2. The zero-order valence-electron chi connectivity index (χ0n) is 14.9. The highest BCUT2D eigenvalue weighted by molar-refractivity contribution is 6.00. The third kappa shape index (κ3) is 5.81. The molecule has 8 heteroatoms. The van der Waals surface area contributed by atoms with Crippen molar-refractivity contribution >= 4 is 17.4 Å². The number of benzene rings is 2. The van der Waals surface area contributed by atoms with Gasteiger partial charge in [0, 0.05) is 17.7 Å². The monoisotopic (exact) mass is 373 g/mol. The Hall–Kier alpha value is -3.42. The zero-order chi connectivity index (χ0) is 19.8. The molecule has 2 aromatic rings. The fourth-order valence-electron chi connectivity index (χ4n) is 2.21. The molecule has 0 heterocycles. The van der Waals surface area contributed by atoms with E-state index in [1.54, 1.807) is 24.3 Å². The molecule has 2 aromatic carbocycles. The van der Waals surface area contributed by atoms with Crippen LogP contribution < -0.4 is 9.47 Å². The van der Waals surface area contributed by atoms with Crippen LogP contribution in [-0.4, -0.2) is 36.0 Å². The Morgan fingerprint density at radius 1 is 1.00 bits per heavy atom. The molecule has 8 nitrogen and oxygen atoms in total. The fourth-order valence-corrected chi connectivity index (χ4v) is 2.21. The topological polar surface area (TPSA) is 105 Å². The number of ether oxygens (including phenoxy) is 3. The quantitative estimate of drug-likeness (QED) is 0.288. The third-order valence-electron chi connectivity index (χ3n) is 3.53. The van der Waals surface area contributed by atoms with Crippen molar-refractivity contribution in [1.29, 1.82) is 0 Å². The first kappa shape index (κ1) is 19.9. The molecule has 1 atom stereocenters. The Labute approximate surface area is 155 Å². The van der Waals surface area contributed by atoms with Crippen LogP contribution >= 0.6 is 0 Å². The summed E-state index contributed by atoms with van der Waals surface area (Å²) in [5.41, 5.74) is 0.314. The van der Waals surface area contributed by atoms with Gasteiger partial charge in [0.25, 0.3) is 5.69 Å². The van der Waals surface area contributed by atoms with Gasteiger partial charge in [-0.25, -0.2) is 4.79 Å². The molecule has 0 aliphatic carbocycles. The Balaban J connectivity index is 1.85. The minimum absolute atomic E-state index is 0.0838. The number of Topliss-reactive ketones (excluding diaryl/α,β-unsaturated/α-hetero) is 1. The fraction of sp³-hybridized carbons (Fsp3) is 0.263. The minimum Gasteiger partial charge on any atom is -0.494 e. The minimum atomic E-state index is -0.976. The lowest BCUT2D eigenvalue weighted by atomic mass is 10.1. The summed E-state index contributed by atoms with van der Waals surface area (Å²) < 4.78 is 15.6. The standard InChI is InChI=1S/C19H19NO7/c1-3-25-16-8-4-14(5-9-16)19(22)13(2)27-18(21)12-26-17-10-6-15(7-11-17)20(23)24/h4-11,13H,3,12H2,1-2H3/t13-/m0/s1. The number of carbonyl (C=O) groups excluding carboxylic acids is 2. The van der Waals surface area contributed by atoms with Crippen LogP contribution in [0.25, 0.3) is 0 Å². The molecule has 27 heavy (non-hydrogen) atoms. The number of rotatable bonds is 9. The van der Waals surface area contributed by atoms with Crippen molar-refractivity contribution in [2.75, 3.05) is 13.2 Å². The first-order chi connectivity index (χ1) is 12.9. The van der Waals surface area contributed by atoms with Crippen LogP contribution in [0.5, 0.6) is 11.5 Å². The normalized spacial score (nSPS) is 11.3. The number of hydrogen-bond acceptors (Lipinski definition) is 7. The van der Waals surface area contributed by atoms with Crippen molar-refractivity contribution in [3.8, 4) is 11.5 Å². The number of esters is 1. The van der Waals surface area contributed by atoms with Gasteiger partial charge in [-0.3, -0.25) is 14.9 Å². The summed E-state index contributed by atoms with van der Waals surface area (Å²) in [5, 5.41) is 10.6. The van der Waals surface area contributed by atoms with Gasteiger partial charge >= 0.3 is 5.97 Å². The van der Waals surface area contributed by atoms with Crippen molar-refractivity contribution in [2.45, 2.75) is 20.0 Å². The van der Waals surface area contributed by atoms with Gasteiger partial charge in [0.1, 0.15) is 11.5 Å². The molecule has 0 aliphatic rings. The SMILES string of the molecule is CCOc1ccc(C(=O)[C@H](C)OC(=O)COc2ccc([N+](=O)[O-])cc2)cc1. The molecule has 0 amide bonds. The summed E-state index contributed by atoms with van der Waals surface area (Å²) in [6.45, 7) is 3.44. The van der Waals surface area contributed by atoms with Crippen molar-refractivity contribution in [1.82, 2.24) is 0 Å². The van der Waals surface area contributed by atoms with Gasteiger partial charge in [-0.2, -0.15) is 0 Å². The van der Waals surface area contributed by atoms with Crippen molar-refractivity contribution in [3.63, 3.8) is 0 Å². The molecule has 0 N–H and O–H groups in total. The van der Waals surface area contributed by atoms with Crippen molar-refractivity contribution in [3.05, 3.63) is 64.2 Å². The van der Waals surface area contributed by atoms with Crippen LogP contribution in [-0.2, 0) is 9.53 Å². The Morgan fingerprint density at radius 3 is 2.11 bits per heavy atom. The van der Waals surface area contributed by atoms with Gasteiger partial charge < -0.3 is 14.2 Å². The predicted molar refractivity (Wildman–Crippen MR) is 96.1 cm³/mol. The number of nitrogens with zero attached hydrogens (tertiary/aromatic N) is 1. The summed E-state index contributed by atoms with van der Waals surface area (Å²) in [5.74, 6) is -0.139. The van der Waals surface area contributed by atoms with E-state index in [-0.39, 0.29) is 17.2 Å². The maximum Gasteiger partial charge on any atom is 0.344 e. The number of non-ortho nitro benzene ring substituents is 1. The van der Waals surface area contributed by atoms with E-state index in [1.165, 1.54) is 31.2 Å². The van der Waals surface area contributed by atoms with Gasteiger partial charge in [0.2, 0.25) is 5.78 Å². The van der Waals surface area contributed by atoms with Crippen LogP contribution in [0, 0.1) is 10.1 Å². The number of hydrogen-bond donors (Lipinski definition) is 0. The Bertz CT molecular complexity index is 800. The highest BCUT2D eigenvalue weighted by Gasteiger charge is 2.20. The molecule has 0 radical (unpaired) electrons. The van der Waals surface area contributed by atoms with Crippen LogP contribution in [0.15, 0.2) is 48.5 Å². The molecule has 0 saturated carbocycles. The van der Waals surface area contributed by atoms with E-state index >= 15 is 0 Å². The number of ketones is 1. The van der Waals surface area contributed by atoms with Crippen molar-refractivity contribution < 1.29 is 28.7 Å². The lowest BCUT2D eigenvalue weighted by Gasteiger charge is -2.13.